The first-order valence-electron chi connectivity index (χ1n) is 21.7. The Labute approximate surface area is 367 Å². The van der Waals surface area contributed by atoms with Crippen molar-refractivity contribution in [3.63, 3.8) is 0 Å². The molecule has 0 saturated heterocycles. The van der Waals surface area contributed by atoms with Crippen molar-refractivity contribution in [2.45, 2.75) is 5.41 Å². The van der Waals surface area contributed by atoms with Crippen LogP contribution >= 0.6 is 0 Å². The van der Waals surface area contributed by atoms with Gasteiger partial charge < -0.3 is 9.32 Å². The maximum absolute atomic E-state index is 6.47. The van der Waals surface area contributed by atoms with Crippen molar-refractivity contribution in [1.29, 1.82) is 0 Å². The third-order valence-corrected chi connectivity index (χ3v) is 12.9. The molecule has 1 aromatic heterocycles. The minimum Gasteiger partial charge on any atom is -0.455 e. The predicted molar refractivity (Wildman–Crippen MR) is 262 cm³/mol. The van der Waals surface area contributed by atoms with Crippen molar-refractivity contribution in [2.24, 2.45) is 0 Å². The second-order valence-corrected chi connectivity index (χ2v) is 16.4. The van der Waals surface area contributed by atoms with Gasteiger partial charge in [-0.15, -0.1) is 0 Å². The molecule has 63 heavy (non-hydrogen) atoms. The summed E-state index contributed by atoms with van der Waals surface area (Å²) in [6, 6.07) is 90.0. The van der Waals surface area contributed by atoms with Crippen LogP contribution in [0, 0.1) is 0 Å². The van der Waals surface area contributed by atoms with Crippen molar-refractivity contribution >= 4 is 39.0 Å². The Balaban J connectivity index is 0.906. The minimum absolute atomic E-state index is 0.403. The van der Waals surface area contributed by atoms with Gasteiger partial charge in [0, 0.05) is 33.4 Å². The van der Waals surface area contributed by atoms with E-state index in [2.05, 4.69) is 241 Å². The Morgan fingerprint density at radius 2 is 0.794 bits per heavy atom. The zero-order valence-electron chi connectivity index (χ0n) is 34.5. The van der Waals surface area contributed by atoms with Gasteiger partial charge in [0.25, 0.3) is 0 Å². The number of benzene rings is 10. The fourth-order valence-electron chi connectivity index (χ4n) is 10.1. The second kappa shape index (κ2) is 15.1. The number of rotatable bonds is 8. The van der Waals surface area contributed by atoms with Crippen LogP contribution in [-0.2, 0) is 5.41 Å². The van der Waals surface area contributed by atoms with E-state index in [1.807, 2.05) is 12.1 Å². The normalized spacial score (nSPS) is 12.6. The number of fused-ring (bicyclic) bond motifs is 6. The van der Waals surface area contributed by atoms with Crippen molar-refractivity contribution in [3.05, 3.63) is 271 Å². The van der Waals surface area contributed by atoms with Gasteiger partial charge in [-0.3, -0.25) is 0 Å². The number of anilines is 3. The highest BCUT2D eigenvalue weighted by Gasteiger charge is 2.45. The largest absolute Gasteiger partial charge is 0.455 e. The van der Waals surface area contributed by atoms with E-state index in [1.54, 1.807) is 0 Å². The van der Waals surface area contributed by atoms with Gasteiger partial charge >= 0.3 is 0 Å². The van der Waals surface area contributed by atoms with E-state index in [9.17, 15) is 0 Å². The molecule has 2 nitrogen and oxygen atoms in total. The third kappa shape index (κ3) is 6.02. The molecular weight excluding hydrogens is 763 g/mol. The SMILES string of the molecule is c1ccc(N(c2cccc(-c3ccc(-c4ccc5c(c4)-c4ccccc4C5(c4ccccc4)c4ccccc4)cc3)c2)c2cccc(-c3cccc4c3oc3ccccc34)c2)cc1. The standard InChI is InChI=1S/C61H41NO/c1-4-19-47(20-5-1)61(48-21-6-2-7-22-48)57-31-12-10-27-53(57)56-41-45(37-38-58(56)61)43-35-33-42(34-36-43)44-17-14-25-50(39-44)62(49-23-8-3-9-24-49)51-26-15-18-46(40-51)52-29-16-30-55-54-28-11-13-32-59(54)63-60(52)55/h1-41H. The van der Waals surface area contributed by atoms with Crippen molar-refractivity contribution in [1.82, 2.24) is 0 Å². The summed E-state index contributed by atoms with van der Waals surface area (Å²) in [5, 5.41) is 2.26. The zero-order chi connectivity index (χ0) is 41.7. The lowest BCUT2D eigenvalue weighted by atomic mass is 9.67. The Hall–Kier alpha value is -8.20. The van der Waals surface area contributed by atoms with Crippen LogP contribution in [0.5, 0.6) is 0 Å². The Morgan fingerprint density at radius 3 is 1.51 bits per heavy atom. The molecule has 12 rings (SSSR count). The number of para-hydroxylation sites is 3. The van der Waals surface area contributed by atoms with E-state index in [4.69, 9.17) is 4.42 Å². The summed E-state index contributed by atoms with van der Waals surface area (Å²) in [6.07, 6.45) is 0. The summed E-state index contributed by atoms with van der Waals surface area (Å²) in [7, 11) is 0. The molecule has 1 aliphatic rings. The lowest BCUT2D eigenvalue weighted by molar-refractivity contribution is 0.670. The summed E-state index contributed by atoms with van der Waals surface area (Å²) in [5.74, 6) is 0. The van der Waals surface area contributed by atoms with Gasteiger partial charge in [0.05, 0.1) is 5.41 Å². The van der Waals surface area contributed by atoms with E-state index >= 15 is 0 Å². The maximum Gasteiger partial charge on any atom is 0.143 e. The van der Waals surface area contributed by atoms with Gasteiger partial charge in [0.15, 0.2) is 0 Å². The molecule has 11 aromatic rings. The van der Waals surface area contributed by atoms with Crippen LogP contribution in [0.4, 0.5) is 17.1 Å². The minimum atomic E-state index is -0.403. The summed E-state index contributed by atoms with van der Waals surface area (Å²) >= 11 is 0. The number of furan rings is 1. The van der Waals surface area contributed by atoms with Gasteiger partial charge in [-0.05, 0) is 110 Å². The monoisotopic (exact) mass is 803 g/mol. The summed E-state index contributed by atoms with van der Waals surface area (Å²) in [5.41, 5.74) is 19.3. The zero-order valence-corrected chi connectivity index (χ0v) is 34.5. The maximum atomic E-state index is 6.47. The van der Waals surface area contributed by atoms with Crippen LogP contribution in [0.25, 0.3) is 66.4 Å². The molecule has 0 spiro atoms. The molecule has 296 valence electrons. The lowest BCUT2D eigenvalue weighted by Gasteiger charge is -2.33. The van der Waals surface area contributed by atoms with Crippen molar-refractivity contribution in [2.75, 3.05) is 4.90 Å². The first-order chi connectivity index (χ1) is 31.2. The topological polar surface area (TPSA) is 16.4 Å². The molecular formula is C61H41NO. The fourth-order valence-corrected chi connectivity index (χ4v) is 10.1. The molecule has 0 fully saturated rings. The first kappa shape index (κ1) is 36.6. The van der Waals surface area contributed by atoms with Gasteiger partial charge in [-0.25, -0.2) is 0 Å². The van der Waals surface area contributed by atoms with E-state index in [1.165, 1.54) is 44.5 Å². The second-order valence-electron chi connectivity index (χ2n) is 16.4. The lowest BCUT2D eigenvalue weighted by Crippen LogP contribution is -2.28. The highest BCUT2D eigenvalue weighted by molar-refractivity contribution is 6.09. The highest BCUT2D eigenvalue weighted by Crippen LogP contribution is 2.56. The highest BCUT2D eigenvalue weighted by atomic mass is 16.3. The summed E-state index contributed by atoms with van der Waals surface area (Å²) < 4.78 is 6.47. The van der Waals surface area contributed by atoms with Crippen molar-refractivity contribution in [3.8, 4) is 44.5 Å². The van der Waals surface area contributed by atoms with Crippen LogP contribution in [0.15, 0.2) is 253 Å². The smallest absolute Gasteiger partial charge is 0.143 e. The van der Waals surface area contributed by atoms with E-state index < -0.39 is 5.41 Å². The number of nitrogens with zero attached hydrogens (tertiary/aromatic N) is 1. The molecule has 0 saturated carbocycles. The molecule has 0 atom stereocenters. The number of hydrogen-bond donors (Lipinski definition) is 0. The molecule has 0 N–H and O–H groups in total. The predicted octanol–water partition coefficient (Wildman–Crippen LogP) is 16.4. The molecule has 0 aliphatic heterocycles. The fraction of sp³-hybridized carbons (Fsp3) is 0.0164. The third-order valence-electron chi connectivity index (χ3n) is 12.9. The average Bonchev–Trinajstić information content (AvgIpc) is 3.89. The van der Waals surface area contributed by atoms with Crippen LogP contribution in [0.2, 0.25) is 0 Å². The quantitative estimate of drug-likeness (QED) is 0.152. The molecule has 2 heteroatoms. The van der Waals surface area contributed by atoms with Gasteiger partial charge in [0.2, 0.25) is 0 Å². The summed E-state index contributed by atoms with van der Waals surface area (Å²) in [6.45, 7) is 0. The van der Waals surface area contributed by atoms with Crippen LogP contribution < -0.4 is 4.90 Å². The van der Waals surface area contributed by atoms with E-state index in [0.717, 1.165) is 61.3 Å². The average molecular weight is 804 g/mol. The van der Waals surface area contributed by atoms with Crippen LogP contribution in [-0.4, -0.2) is 0 Å². The van der Waals surface area contributed by atoms with Gasteiger partial charge in [0.1, 0.15) is 11.2 Å². The molecule has 0 bridgehead atoms. The Morgan fingerprint density at radius 1 is 0.302 bits per heavy atom. The molecule has 10 aromatic carbocycles. The number of hydrogen-bond acceptors (Lipinski definition) is 2. The Kier molecular flexibility index (Phi) is 8.76. The van der Waals surface area contributed by atoms with Crippen LogP contribution in [0.3, 0.4) is 0 Å². The van der Waals surface area contributed by atoms with Gasteiger partial charge in [-0.2, -0.15) is 0 Å². The van der Waals surface area contributed by atoms with E-state index in [-0.39, 0.29) is 0 Å². The van der Waals surface area contributed by atoms with Gasteiger partial charge in [-0.1, -0.05) is 200 Å². The molecule has 0 unspecified atom stereocenters. The van der Waals surface area contributed by atoms with E-state index in [0.29, 0.717) is 0 Å². The molecule has 1 aliphatic carbocycles. The Bertz CT molecular complexity index is 3400. The first-order valence-corrected chi connectivity index (χ1v) is 21.7. The summed E-state index contributed by atoms with van der Waals surface area (Å²) in [4.78, 5) is 2.34. The van der Waals surface area contributed by atoms with Crippen LogP contribution in [0.1, 0.15) is 22.3 Å². The molecule has 0 radical (unpaired) electrons. The van der Waals surface area contributed by atoms with Crippen molar-refractivity contribution < 1.29 is 4.42 Å². The molecule has 1 heterocycles. The molecule has 0 amide bonds.